The van der Waals surface area contributed by atoms with Gasteiger partial charge < -0.3 is 10.4 Å². The third-order valence-corrected chi connectivity index (χ3v) is 1.73. The lowest BCUT2D eigenvalue weighted by molar-refractivity contribution is -0.116. The van der Waals surface area contributed by atoms with Crippen LogP contribution in [0.5, 0.6) is 0 Å². The average molecular weight is 167 g/mol. The summed E-state index contributed by atoms with van der Waals surface area (Å²) in [6.07, 6.45) is 5.44. The number of carbonyl (C=O) groups is 1. The maximum atomic E-state index is 10.9. The maximum absolute atomic E-state index is 10.9. The predicted molar refractivity (Wildman–Crippen MR) is 46.5 cm³/mol. The minimum atomic E-state index is -0.142. The second-order valence-corrected chi connectivity index (χ2v) is 2.81. The molecular weight excluding hydrogens is 154 g/mol. The van der Waals surface area contributed by atoms with Crippen LogP contribution in [0, 0.1) is 5.92 Å². The lowest BCUT2D eigenvalue weighted by atomic mass is 10.3. The van der Waals surface area contributed by atoms with Gasteiger partial charge in [0.25, 0.3) is 0 Å². The maximum Gasteiger partial charge on any atom is 0.243 e. The summed E-state index contributed by atoms with van der Waals surface area (Å²) < 4.78 is 0. The molecule has 12 heavy (non-hydrogen) atoms. The minimum absolute atomic E-state index is 0.0136. The molecule has 0 aromatic rings. The first-order valence-electron chi connectivity index (χ1n) is 3.99. The van der Waals surface area contributed by atoms with E-state index in [4.69, 9.17) is 5.11 Å². The lowest BCUT2D eigenvalue weighted by Crippen LogP contribution is -2.24. The Labute approximate surface area is 71.8 Å². The van der Waals surface area contributed by atoms with E-state index in [1.165, 1.54) is 11.6 Å². The van der Waals surface area contributed by atoms with Crippen molar-refractivity contribution in [1.82, 2.24) is 5.32 Å². The molecule has 1 atom stereocenters. The number of nitrogens with one attached hydrogen (secondary N) is 1. The molecule has 0 saturated carbocycles. The Morgan fingerprint density at radius 2 is 2.50 bits per heavy atom. The Kier molecular flexibility index (Phi) is 3.05. The number of hydrogen-bond donors (Lipinski definition) is 2. The number of rotatable bonds is 4. The van der Waals surface area contributed by atoms with Gasteiger partial charge in [-0.25, -0.2) is 0 Å². The fraction of sp³-hybridized carbons (Fsp3) is 0.444. The Morgan fingerprint density at radius 3 is 3.00 bits per heavy atom. The van der Waals surface area contributed by atoms with Crippen LogP contribution in [-0.4, -0.2) is 24.2 Å². The van der Waals surface area contributed by atoms with E-state index in [2.05, 4.69) is 11.4 Å². The molecule has 0 aliphatic heterocycles. The van der Waals surface area contributed by atoms with Crippen LogP contribution >= 0.6 is 0 Å². The van der Waals surface area contributed by atoms with Crippen LogP contribution in [0.1, 0.15) is 6.92 Å². The summed E-state index contributed by atoms with van der Waals surface area (Å²) in [7, 11) is 0. The topological polar surface area (TPSA) is 49.3 Å². The normalized spacial score (nSPS) is 20.8. The van der Waals surface area contributed by atoms with Crippen molar-refractivity contribution in [2.75, 3.05) is 13.2 Å². The number of hydrogen-bond acceptors (Lipinski definition) is 2. The SMILES string of the molecule is CC1=CC1C=CC(=O)NCCO. The van der Waals surface area contributed by atoms with E-state index in [9.17, 15) is 4.79 Å². The molecule has 1 rings (SSSR count). The zero-order valence-corrected chi connectivity index (χ0v) is 7.08. The van der Waals surface area contributed by atoms with Crippen LogP contribution in [0.15, 0.2) is 23.8 Å². The van der Waals surface area contributed by atoms with Crippen LogP contribution in [0.2, 0.25) is 0 Å². The largest absolute Gasteiger partial charge is 0.395 e. The molecule has 0 fully saturated rings. The second-order valence-electron chi connectivity index (χ2n) is 2.81. The van der Waals surface area contributed by atoms with Gasteiger partial charge >= 0.3 is 0 Å². The van der Waals surface area contributed by atoms with Gasteiger partial charge in [0, 0.05) is 12.5 Å². The van der Waals surface area contributed by atoms with Gasteiger partial charge in [-0.2, -0.15) is 0 Å². The van der Waals surface area contributed by atoms with Gasteiger partial charge in [-0.05, 0) is 13.0 Å². The third kappa shape index (κ3) is 2.88. The minimum Gasteiger partial charge on any atom is -0.395 e. The number of carbonyl (C=O) groups excluding carboxylic acids is 1. The van der Waals surface area contributed by atoms with Crippen LogP contribution in [0.25, 0.3) is 0 Å². The van der Waals surface area contributed by atoms with Crippen molar-refractivity contribution in [2.24, 2.45) is 5.92 Å². The van der Waals surface area contributed by atoms with E-state index in [1.807, 2.05) is 13.0 Å². The van der Waals surface area contributed by atoms with E-state index in [0.717, 1.165) is 0 Å². The number of aliphatic hydroxyl groups is 1. The Balaban J connectivity index is 2.13. The Morgan fingerprint density at radius 1 is 1.83 bits per heavy atom. The molecule has 0 spiro atoms. The molecule has 1 unspecified atom stereocenters. The summed E-state index contributed by atoms with van der Waals surface area (Å²) in [5.74, 6) is 0.252. The number of aliphatic hydroxyl groups excluding tert-OH is 1. The molecule has 0 aromatic carbocycles. The van der Waals surface area contributed by atoms with Gasteiger partial charge in [0.1, 0.15) is 0 Å². The molecular formula is C9H13NO2. The van der Waals surface area contributed by atoms with Crippen LogP contribution in [-0.2, 0) is 4.79 Å². The Hall–Kier alpha value is -1.09. The van der Waals surface area contributed by atoms with Crippen molar-refractivity contribution in [3.63, 3.8) is 0 Å². The molecule has 0 aromatic heterocycles. The highest BCUT2D eigenvalue weighted by Crippen LogP contribution is 2.28. The van der Waals surface area contributed by atoms with Crippen molar-refractivity contribution >= 4 is 5.91 Å². The molecule has 0 heterocycles. The first-order chi connectivity index (χ1) is 5.74. The quantitative estimate of drug-likeness (QED) is 0.465. The van der Waals surface area contributed by atoms with E-state index in [0.29, 0.717) is 12.5 Å². The van der Waals surface area contributed by atoms with E-state index >= 15 is 0 Å². The summed E-state index contributed by atoms with van der Waals surface area (Å²) in [6.45, 7) is 2.33. The average Bonchev–Trinajstić information content (AvgIpc) is 2.75. The lowest BCUT2D eigenvalue weighted by Gasteiger charge is -1.96. The van der Waals surface area contributed by atoms with Crippen molar-refractivity contribution in [2.45, 2.75) is 6.92 Å². The van der Waals surface area contributed by atoms with Crippen LogP contribution in [0.3, 0.4) is 0 Å². The fourth-order valence-corrected chi connectivity index (χ4v) is 0.872. The molecule has 0 bridgehead atoms. The van der Waals surface area contributed by atoms with Gasteiger partial charge in [0.05, 0.1) is 6.61 Å². The molecule has 2 N–H and O–H groups in total. The van der Waals surface area contributed by atoms with Crippen molar-refractivity contribution in [3.05, 3.63) is 23.8 Å². The molecule has 66 valence electrons. The van der Waals surface area contributed by atoms with Crippen LogP contribution in [0.4, 0.5) is 0 Å². The van der Waals surface area contributed by atoms with Gasteiger partial charge in [-0.1, -0.05) is 17.7 Å². The highest BCUT2D eigenvalue weighted by molar-refractivity contribution is 5.87. The predicted octanol–water partition coefficient (Wildman–Crippen LogP) is 0.227. The third-order valence-electron chi connectivity index (χ3n) is 1.73. The van der Waals surface area contributed by atoms with E-state index < -0.39 is 0 Å². The van der Waals surface area contributed by atoms with E-state index in [1.54, 1.807) is 0 Å². The Bertz CT molecular complexity index is 231. The van der Waals surface area contributed by atoms with Gasteiger partial charge in [-0.15, -0.1) is 0 Å². The van der Waals surface area contributed by atoms with Gasteiger partial charge in [0.15, 0.2) is 0 Å². The molecule has 3 nitrogen and oxygen atoms in total. The molecule has 0 radical (unpaired) electrons. The standard InChI is InChI=1S/C9H13NO2/c1-7-6-8(7)2-3-9(12)10-4-5-11/h2-3,6,8,11H,4-5H2,1H3,(H,10,12). The van der Waals surface area contributed by atoms with Crippen molar-refractivity contribution in [3.8, 4) is 0 Å². The molecule has 1 aliphatic rings. The van der Waals surface area contributed by atoms with Crippen molar-refractivity contribution in [1.29, 1.82) is 0 Å². The first-order valence-corrected chi connectivity index (χ1v) is 3.99. The zero-order valence-electron chi connectivity index (χ0n) is 7.08. The summed E-state index contributed by atoms with van der Waals surface area (Å²) >= 11 is 0. The summed E-state index contributed by atoms with van der Waals surface area (Å²) in [5, 5.41) is 10.9. The first kappa shape index (κ1) is 9.00. The summed E-state index contributed by atoms with van der Waals surface area (Å²) in [6, 6.07) is 0. The van der Waals surface area contributed by atoms with E-state index in [-0.39, 0.29) is 12.5 Å². The van der Waals surface area contributed by atoms with Gasteiger partial charge in [-0.3, -0.25) is 4.79 Å². The highest BCUT2D eigenvalue weighted by Gasteiger charge is 2.15. The molecule has 0 saturated heterocycles. The number of allylic oxidation sites excluding steroid dienone is 3. The second kappa shape index (κ2) is 4.07. The smallest absolute Gasteiger partial charge is 0.243 e. The molecule has 1 aliphatic carbocycles. The van der Waals surface area contributed by atoms with Crippen LogP contribution < -0.4 is 5.32 Å². The van der Waals surface area contributed by atoms with Crippen molar-refractivity contribution < 1.29 is 9.90 Å². The molecule has 3 heteroatoms. The zero-order chi connectivity index (χ0) is 8.97. The molecule has 1 amide bonds. The van der Waals surface area contributed by atoms with Gasteiger partial charge in [0.2, 0.25) is 5.91 Å². The summed E-state index contributed by atoms with van der Waals surface area (Å²) in [4.78, 5) is 10.9. The fourth-order valence-electron chi connectivity index (χ4n) is 0.872. The highest BCUT2D eigenvalue weighted by atomic mass is 16.3. The number of amides is 1. The summed E-state index contributed by atoms with van der Waals surface area (Å²) in [5.41, 5.74) is 1.31. The monoisotopic (exact) mass is 167 g/mol.